The average Bonchev–Trinajstić information content (AvgIpc) is 2.71. The Hall–Kier alpha value is -2.08. The quantitative estimate of drug-likeness (QED) is 0.374. The van der Waals surface area contributed by atoms with Crippen molar-refractivity contribution in [1.82, 2.24) is 0 Å². The minimum atomic E-state index is -4.15. The predicted octanol–water partition coefficient (Wildman–Crippen LogP) is 5.44. The van der Waals surface area contributed by atoms with Gasteiger partial charge in [0.2, 0.25) is 0 Å². The van der Waals surface area contributed by atoms with Gasteiger partial charge in [0.05, 0.1) is 23.4 Å². The van der Waals surface area contributed by atoms with E-state index in [0.717, 1.165) is 15.0 Å². The maximum atomic E-state index is 13.1. The summed E-state index contributed by atoms with van der Waals surface area (Å²) in [6.07, 6.45) is 0. The molecule has 3 aromatic carbocycles. The first-order valence-corrected chi connectivity index (χ1v) is 13.7. The number of aryl methyl sites for hydroxylation is 2. The molecule has 0 aromatic heterocycles. The van der Waals surface area contributed by atoms with Crippen LogP contribution in [0.3, 0.4) is 0 Å². The molecule has 3 rings (SSSR count). The second kappa shape index (κ2) is 9.42. The SMILES string of the molecule is COc1ccc(S(=O)(=O)Nc2ccc(Br)cc2C)cc1S(=O)(=O)Nc1ccc(Br)cc1C. The molecule has 0 amide bonds. The van der Waals surface area contributed by atoms with E-state index < -0.39 is 20.0 Å². The second-order valence-corrected chi connectivity index (χ2v) is 12.1. The van der Waals surface area contributed by atoms with Crippen molar-refractivity contribution in [3.63, 3.8) is 0 Å². The van der Waals surface area contributed by atoms with Crippen LogP contribution in [0.2, 0.25) is 0 Å². The number of hydrogen-bond donors (Lipinski definition) is 2. The van der Waals surface area contributed by atoms with Crippen molar-refractivity contribution in [2.24, 2.45) is 0 Å². The Kier molecular flexibility index (Phi) is 7.23. The highest BCUT2D eigenvalue weighted by Crippen LogP contribution is 2.31. The summed E-state index contributed by atoms with van der Waals surface area (Å²) in [4.78, 5) is -0.508. The normalized spacial score (nSPS) is 11.8. The van der Waals surface area contributed by atoms with E-state index in [1.807, 2.05) is 0 Å². The molecule has 0 radical (unpaired) electrons. The minimum Gasteiger partial charge on any atom is -0.495 e. The molecule has 0 saturated heterocycles. The summed E-state index contributed by atoms with van der Waals surface area (Å²) >= 11 is 6.67. The fourth-order valence-corrected chi connectivity index (χ4v) is 6.43. The Morgan fingerprint density at radius 3 is 1.69 bits per heavy atom. The number of halogens is 2. The fraction of sp³-hybridized carbons (Fsp3) is 0.143. The van der Waals surface area contributed by atoms with Crippen LogP contribution in [0, 0.1) is 13.8 Å². The first-order chi connectivity index (χ1) is 14.9. The van der Waals surface area contributed by atoms with Crippen molar-refractivity contribution in [3.8, 4) is 5.75 Å². The Morgan fingerprint density at radius 2 is 1.22 bits per heavy atom. The molecule has 0 spiro atoms. The van der Waals surface area contributed by atoms with Crippen LogP contribution in [0.25, 0.3) is 0 Å². The van der Waals surface area contributed by atoms with Gasteiger partial charge in [0, 0.05) is 8.95 Å². The van der Waals surface area contributed by atoms with Crippen molar-refractivity contribution in [3.05, 3.63) is 74.7 Å². The number of hydrogen-bond acceptors (Lipinski definition) is 5. The summed E-state index contributed by atoms with van der Waals surface area (Å²) < 4.78 is 64.0. The molecule has 3 aromatic rings. The van der Waals surface area contributed by atoms with Gasteiger partial charge in [-0.15, -0.1) is 0 Å². The third kappa shape index (κ3) is 5.45. The minimum absolute atomic E-state index is 0.0195. The van der Waals surface area contributed by atoms with Gasteiger partial charge in [0.25, 0.3) is 20.0 Å². The van der Waals surface area contributed by atoms with Crippen molar-refractivity contribution in [2.45, 2.75) is 23.6 Å². The summed E-state index contributed by atoms with van der Waals surface area (Å²) in [5.74, 6) is 0.0195. The monoisotopic (exact) mass is 602 g/mol. The van der Waals surface area contributed by atoms with Crippen LogP contribution in [-0.2, 0) is 20.0 Å². The second-order valence-electron chi connectivity index (χ2n) is 6.94. The van der Waals surface area contributed by atoms with Crippen LogP contribution in [0.15, 0.2) is 73.3 Å². The molecule has 170 valence electrons. The van der Waals surface area contributed by atoms with E-state index in [2.05, 4.69) is 41.3 Å². The Labute approximate surface area is 204 Å². The van der Waals surface area contributed by atoms with Gasteiger partial charge in [-0.05, 0) is 79.6 Å². The van der Waals surface area contributed by atoms with Gasteiger partial charge in [-0.1, -0.05) is 31.9 Å². The third-order valence-electron chi connectivity index (χ3n) is 4.60. The zero-order chi connectivity index (χ0) is 23.7. The fourth-order valence-electron chi connectivity index (χ4n) is 2.92. The molecule has 0 heterocycles. The molecule has 0 aliphatic rings. The first kappa shape index (κ1) is 24.6. The molecular weight excluding hydrogens is 584 g/mol. The maximum Gasteiger partial charge on any atom is 0.265 e. The lowest BCUT2D eigenvalue weighted by molar-refractivity contribution is 0.402. The molecule has 32 heavy (non-hydrogen) atoms. The Morgan fingerprint density at radius 1 is 0.719 bits per heavy atom. The van der Waals surface area contributed by atoms with Gasteiger partial charge in [0.15, 0.2) is 0 Å². The molecule has 0 bridgehead atoms. The molecular formula is C21H20Br2N2O5S2. The lowest BCUT2D eigenvalue weighted by atomic mass is 10.2. The number of nitrogens with one attached hydrogen (secondary N) is 2. The molecule has 0 fully saturated rings. The third-order valence-corrected chi connectivity index (χ3v) is 8.34. The molecule has 0 saturated carbocycles. The highest BCUT2D eigenvalue weighted by molar-refractivity contribution is 9.10. The summed E-state index contributed by atoms with van der Waals surface area (Å²) in [6, 6.07) is 13.9. The molecule has 0 aliphatic heterocycles. The van der Waals surface area contributed by atoms with Crippen LogP contribution in [0.1, 0.15) is 11.1 Å². The zero-order valence-electron chi connectivity index (χ0n) is 17.3. The van der Waals surface area contributed by atoms with E-state index >= 15 is 0 Å². The highest BCUT2D eigenvalue weighted by atomic mass is 79.9. The summed E-state index contributed by atoms with van der Waals surface area (Å²) in [5, 5.41) is 0. The van der Waals surface area contributed by atoms with E-state index in [1.165, 1.54) is 19.2 Å². The maximum absolute atomic E-state index is 13.1. The highest BCUT2D eigenvalue weighted by Gasteiger charge is 2.25. The van der Waals surface area contributed by atoms with Gasteiger partial charge in [-0.2, -0.15) is 0 Å². The Bertz CT molecular complexity index is 1390. The van der Waals surface area contributed by atoms with Gasteiger partial charge >= 0.3 is 0 Å². The van der Waals surface area contributed by atoms with E-state index in [0.29, 0.717) is 22.5 Å². The molecule has 0 atom stereocenters. The first-order valence-electron chi connectivity index (χ1n) is 9.19. The van der Waals surface area contributed by atoms with Crippen LogP contribution < -0.4 is 14.2 Å². The zero-order valence-corrected chi connectivity index (χ0v) is 22.1. The standard InChI is InChI=1S/C21H20Br2N2O5S2/c1-13-10-15(22)4-7-18(13)24-31(26,27)17-6-9-20(30-3)21(12-17)32(28,29)25-19-8-5-16(23)11-14(19)2/h4-12,24-25H,1-3H3. The van der Waals surface area contributed by atoms with Crippen LogP contribution in [0.4, 0.5) is 11.4 Å². The molecule has 2 N–H and O–H groups in total. The number of anilines is 2. The average molecular weight is 604 g/mol. The number of sulfonamides is 2. The van der Waals surface area contributed by atoms with Gasteiger partial charge in [0.1, 0.15) is 10.6 Å². The largest absolute Gasteiger partial charge is 0.495 e. The van der Waals surface area contributed by atoms with Crippen LogP contribution in [0.5, 0.6) is 5.75 Å². The summed E-state index contributed by atoms with van der Waals surface area (Å²) in [7, 11) is -6.90. The van der Waals surface area contributed by atoms with Crippen molar-refractivity contribution in [2.75, 3.05) is 16.6 Å². The van der Waals surface area contributed by atoms with E-state index in [-0.39, 0.29) is 15.5 Å². The lowest BCUT2D eigenvalue weighted by Crippen LogP contribution is -2.18. The number of rotatable bonds is 7. The summed E-state index contributed by atoms with van der Waals surface area (Å²) in [5.41, 5.74) is 2.15. The number of benzene rings is 3. The van der Waals surface area contributed by atoms with Crippen molar-refractivity contribution >= 4 is 63.3 Å². The van der Waals surface area contributed by atoms with E-state index in [4.69, 9.17) is 4.74 Å². The van der Waals surface area contributed by atoms with Gasteiger partial charge in [-0.25, -0.2) is 16.8 Å². The predicted molar refractivity (Wildman–Crippen MR) is 132 cm³/mol. The molecule has 7 nitrogen and oxygen atoms in total. The smallest absolute Gasteiger partial charge is 0.265 e. The van der Waals surface area contributed by atoms with Crippen molar-refractivity contribution < 1.29 is 21.6 Å². The Balaban J connectivity index is 2.02. The van der Waals surface area contributed by atoms with Gasteiger partial charge in [-0.3, -0.25) is 9.44 Å². The topological polar surface area (TPSA) is 102 Å². The van der Waals surface area contributed by atoms with Crippen LogP contribution in [-0.4, -0.2) is 23.9 Å². The molecule has 0 unspecified atom stereocenters. The van der Waals surface area contributed by atoms with Crippen molar-refractivity contribution in [1.29, 1.82) is 0 Å². The van der Waals surface area contributed by atoms with Gasteiger partial charge < -0.3 is 4.74 Å². The van der Waals surface area contributed by atoms with E-state index in [9.17, 15) is 16.8 Å². The lowest BCUT2D eigenvalue weighted by Gasteiger charge is -2.16. The molecule has 11 heteroatoms. The van der Waals surface area contributed by atoms with Crippen LogP contribution >= 0.6 is 31.9 Å². The molecule has 0 aliphatic carbocycles. The number of methoxy groups -OCH3 is 1. The van der Waals surface area contributed by atoms with E-state index in [1.54, 1.807) is 50.2 Å². The number of ether oxygens (including phenoxy) is 1. The summed E-state index contributed by atoms with van der Waals surface area (Å²) in [6.45, 7) is 3.52.